The van der Waals surface area contributed by atoms with E-state index in [9.17, 15) is 0 Å². The lowest BCUT2D eigenvalue weighted by atomic mass is 11.0. The van der Waals surface area contributed by atoms with Crippen LogP contribution in [0.25, 0.3) is 0 Å². The van der Waals surface area contributed by atoms with Crippen LogP contribution in [0.4, 0.5) is 0 Å². The van der Waals surface area contributed by atoms with Gasteiger partial charge in [-0.05, 0) is 0 Å². The highest BCUT2D eigenvalue weighted by Crippen LogP contribution is 1.11. The first-order valence-electron chi connectivity index (χ1n) is 0.707. The van der Waals surface area contributed by atoms with Gasteiger partial charge >= 0.3 is 0 Å². The van der Waals surface area contributed by atoms with E-state index in [0.29, 0.717) is 0 Å². The molecule has 0 aromatic heterocycles. The van der Waals surface area contributed by atoms with Crippen LogP contribution in [-0.2, 0) is 0 Å². The molecule has 0 atom stereocenters. The van der Waals surface area contributed by atoms with Crippen molar-refractivity contribution >= 4 is 34.7 Å². The highest BCUT2D eigenvalue weighted by atomic mass is 27.0. The summed E-state index contributed by atoms with van der Waals surface area (Å²) < 4.78 is 0. The maximum atomic E-state index is 3.25. The molecule has 0 aromatic rings. The Bertz CT molecular complexity index is 4.00. The van der Waals surface area contributed by atoms with Crippen LogP contribution < -0.4 is 0 Å². The van der Waals surface area contributed by atoms with E-state index in [-0.39, 0.29) is 34.7 Å². The summed E-state index contributed by atoms with van der Waals surface area (Å²) in [6.45, 7) is 5.00. The Kier molecular flexibility index (Phi) is 165. The lowest BCUT2D eigenvalue weighted by molar-refractivity contribution is 1.81. The minimum Gasteiger partial charge on any atom is -0.0654 e. The first-order valence-corrected chi connectivity index (χ1v) is 0.707. The van der Waals surface area contributed by atoms with Crippen molar-refractivity contribution in [2.45, 2.75) is 6.92 Å². The van der Waals surface area contributed by atoms with Crippen molar-refractivity contribution in [3.63, 3.8) is 0 Å². The van der Waals surface area contributed by atoms with E-state index in [1.807, 2.05) is 0 Å². The summed E-state index contributed by atoms with van der Waals surface area (Å²) in [6, 6.07) is 0. The lowest BCUT2D eigenvalue weighted by Crippen LogP contribution is -0.888. The zero-order chi connectivity index (χ0) is 2.00. The average molecular weight is 89.1 g/mol. The molecule has 0 aliphatic rings. The van der Waals surface area contributed by atoms with E-state index in [2.05, 4.69) is 6.92 Å². The van der Waals surface area contributed by atoms with Crippen LogP contribution in [0, 0.1) is 6.92 Å². The van der Waals surface area contributed by atoms with Gasteiger partial charge in [-0.25, -0.2) is 0 Å². The van der Waals surface area contributed by atoms with Crippen molar-refractivity contribution in [3.05, 3.63) is 6.92 Å². The third kappa shape index (κ3) is 11.5. The fourth-order valence-electron chi connectivity index (χ4n) is 0. The molecule has 0 nitrogen and oxygen atoms in total. The Hall–Kier alpha value is 1.06. The molecule has 0 spiro atoms. The molecule has 0 fully saturated rings. The largest absolute Gasteiger partial charge is 0.187 e. The van der Waals surface area contributed by atoms with Crippen LogP contribution in [-0.4, -0.2) is 34.7 Å². The predicted octanol–water partition coefficient (Wildman–Crippen LogP) is -1.53. The van der Waals surface area contributed by atoms with Crippen molar-refractivity contribution in [2.24, 2.45) is 0 Å². The van der Waals surface area contributed by atoms with Gasteiger partial charge < -0.3 is 0 Å². The molecule has 0 saturated heterocycles. The minimum atomic E-state index is 0. The van der Waals surface area contributed by atoms with Crippen molar-refractivity contribution in [3.8, 4) is 0 Å². The Balaban J connectivity index is -0.00000000500. The fourth-order valence-corrected chi connectivity index (χ4v) is 0. The highest BCUT2D eigenvalue weighted by molar-refractivity contribution is 5.76. The summed E-state index contributed by atoms with van der Waals surface area (Å²) >= 11 is 0. The number of hydrogen-bond donors (Lipinski definition) is 0. The molecule has 0 aliphatic heterocycles. The zero-order valence-electron chi connectivity index (χ0n) is 1.71. The van der Waals surface area contributed by atoms with E-state index in [4.69, 9.17) is 0 Å². The summed E-state index contributed by atoms with van der Waals surface area (Å²) in [5.41, 5.74) is 0. The lowest BCUT2D eigenvalue weighted by Gasteiger charge is -1.06. The maximum Gasteiger partial charge on any atom is 0.187 e. The van der Waals surface area contributed by atoms with Gasteiger partial charge in [0.25, 0.3) is 0 Å². The van der Waals surface area contributed by atoms with Crippen LogP contribution in [0.15, 0.2) is 0 Å². The molecule has 2 heteroatoms. The molecule has 0 amide bonds. The molecule has 0 N–H and O–H groups in total. The van der Waals surface area contributed by atoms with E-state index in [1.165, 1.54) is 0 Å². The summed E-state index contributed by atoms with van der Waals surface area (Å²) in [4.78, 5) is 0. The standard InChI is InChI=1S/C2H5.2Al.6H/c1-2;;;;;;;;/h1H2,2H3;;;;;;;;. The molecule has 0 saturated carbocycles. The molecule has 0 aromatic carbocycles. The van der Waals surface area contributed by atoms with Crippen LogP contribution in [0.3, 0.4) is 0 Å². The van der Waals surface area contributed by atoms with Gasteiger partial charge in [0.1, 0.15) is 0 Å². The van der Waals surface area contributed by atoms with Gasteiger partial charge in [-0.1, -0.05) is 13.8 Å². The second-order valence-electron chi connectivity index (χ2n) is 0. The van der Waals surface area contributed by atoms with E-state index < -0.39 is 0 Å². The topological polar surface area (TPSA) is 0 Å². The van der Waals surface area contributed by atoms with Crippen LogP contribution >= 0.6 is 0 Å². The molecule has 0 aliphatic carbocycles. The normalized spacial score (nSPS) is 1.50. The summed E-state index contributed by atoms with van der Waals surface area (Å²) in [5.74, 6) is 0. The summed E-state index contributed by atoms with van der Waals surface area (Å²) in [6.07, 6.45) is 0. The quantitative estimate of drug-likeness (QED) is 0.316. The van der Waals surface area contributed by atoms with Gasteiger partial charge in [-0.15, -0.1) is 0 Å². The number of hydrogen-bond acceptors (Lipinski definition) is 0. The Morgan fingerprint density at radius 3 is 1.00 bits per heavy atom. The maximum absolute atomic E-state index is 3.25. The van der Waals surface area contributed by atoms with Gasteiger partial charge in [0.05, 0.1) is 0 Å². The molecule has 0 bridgehead atoms. The van der Waals surface area contributed by atoms with E-state index in [0.717, 1.165) is 0 Å². The van der Waals surface area contributed by atoms with Gasteiger partial charge in [-0.2, -0.15) is 0 Å². The van der Waals surface area contributed by atoms with Gasteiger partial charge in [0.2, 0.25) is 0 Å². The minimum absolute atomic E-state index is 0. The predicted molar refractivity (Wildman–Crippen MR) is 30.9 cm³/mol. The molecular weight excluding hydrogens is 78.0 g/mol. The highest BCUT2D eigenvalue weighted by Gasteiger charge is 0.939. The second kappa shape index (κ2) is 33.7. The third-order valence-electron chi connectivity index (χ3n) is 0. The molecule has 0 unspecified atom stereocenters. The molecule has 25 valence electrons. The molecule has 0 rings (SSSR count). The van der Waals surface area contributed by atoms with Crippen LogP contribution in [0.2, 0.25) is 0 Å². The summed E-state index contributed by atoms with van der Waals surface area (Å²) in [7, 11) is 0. The van der Waals surface area contributed by atoms with Crippen molar-refractivity contribution in [2.75, 3.05) is 0 Å². The summed E-state index contributed by atoms with van der Waals surface area (Å²) in [5, 5.41) is 0. The molecule has 1 radical (unpaired) electrons. The van der Waals surface area contributed by atoms with Crippen LogP contribution in [0.1, 0.15) is 6.92 Å². The molecule has 4 heavy (non-hydrogen) atoms. The molecular formula is C2H11Al2. The fraction of sp³-hybridized carbons (Fsp3) is 0.500. The SMILES string of the molecule is [AlH3].[AlH3].[CH2]C. The average Bonchev–Trinajstić information content (AvgIpc) is 1.00. The van der Waals surface area contributed by atoms with Gasteiger partial charge in [0.15, 0.2) is 34.7 Å². The van der Waals surface area contributed by atoms with Crippen LogP contribution in [0.5, 0.6) is 0 Å². The third-order valence-corrected chi connectivity index (χ3v) is 0. The van der Waals surface area contributed by atoms with E-state index >= 15 is 0 Å². The van der Waals surface area contributed by atoms with Gasteiger partial charge in [-0.3, -0.25) is 0 Å². The second-order valence-corrected chi connectivity index (χ2v) is 0. The zero-order valence-corrected chi connectivity index (χ0v) is 1.71. The van der Waals surface area contributed by atoms with Crippen molar-refractivity contribution in [1.29, 1.82) is 0 Å². The Labute approximate surface area is 48.9 Å². The monoisotopic (exact) mass is 89.0 g/mol. The Morgan fingerprint density at radius 1 is 1.00 bits per heavy atom. The first kappa shape index (κ1) is 19.6. The molecule has 0 heterocycles. The van der Waals surface area contributed by atoms with Crippen molar-refractivity contribution in [1.82, 2.24) is 0 Å². The number of rotatable bonds is 0. The first-order chi connectivity index (χ1) is 1.00. The van der Waals surface area contributed by atoms with Gasteiger partial charge in [0, 0.05) is 0 Å². The smallest absolute Gasteiger partial charge is 0.0654 e. The van der Waals surface area contributed by atoms with E-state index in [1.54, 1.807) is 6.92 Å². The Morgan fingerprint density at radius 2 is 1.00 bits per heavy atom. The van der Waals surface area contributed by atoms with Crippen molar-refractivity contribution < 1.29 is 0 Å².